The van der Waals surface area contributed by atoms with Gasteiger partial charge < -0.3 is 13.9 Å². The largest absolute Gasteiger partial charge is 0.489 e. The lowest BCUT2D eigenvalue weighted by Gasteiger charge is -2.08. The standard InChI is InChI=1S/C16H16O4/c1-10-8-19-13-4-3-12(7-14(13)20-9-10)15(17)16-11(2)5-6-18-16/h3-7,10H,8-9H2,1-2H3. The van der Waals surface area contributed by atoms with Crippen molar-refractivity contribution < 1.29 is 18.7 Å². The van der Waals surface area contributed by atoms with Gasteiger partial charge in [-0.2, -0.15) is 0 Å². The van der Waals surface area contributed by atoms with E-state index in [1.54, 1.807) is 24.3 Å². The van der Waals surface area contributed by atoms with Crippen LogP contribution in [0.1, 0.15) is 28.6 Å². The van der Waals surface area contributed by atoms with Crippen molar-refractivity contribution in [2.75, 3.05) is 13.2 Å². The van der Waals surface area contributed by atoms with Crippen LogP contribution in [0.5, 0.6) is 11.5 Å². The monoisotopic (exact) mass is 272 g/mol. The molecule has 0 spiro atoms. The molecule has 1 atom stereocenters. The Morgan fingerprint density at radius 1 is 1.15 bits per heavy atom. The average molecular weight is 272 g/mol. The van der Waals surface area contributed by atoms with Crippen molar-refractivity contribution in [3.8, 4) is 11.5 Å². The molecule has 2 aromatic rings. The predicted molar refractivity (Wildman–Crippen MR) is 73.5 cm³/mol. The normalized spacial score (nSPS) is 17.6. The topological polar surface area (TPSA) is 48.7 Å². The fourth-order valence-electron chi connectivity index (χ4n) is 2.13. The van der Waals surface area contributed by atoms with Crippen LogP contribution < -0.4 is 9.47 Å². The number of ether oxygens (including phenoxy) is 2. The second-order valence-corrected chi connectivity index (χ2v) is 5.15. The van der Waals surface area contributed by atoms with Crippen LogP contribution >= 0.6 is 0 Å². The van der Waals surface area contributed by atoms with E-state index in [1.165, 1.54) is 6.26 Å². The Bertz CT molecular complexity index is 642. The molecule has 1 aromatic carbocycles. The Morgan fingerprint density at radius 3 is 2.60 bits per heavy atom. The Labute approximate surface area is 117 Å². The summed E-state index contributed by atoms with van der Waals surface area (Å²) in [6, 6.07) is 7.01. The fourth-order valence-corrected chi connectivity index (χ4v) is 2.13. The maximum atomic E-state index is 12.4. The van der Waals surface area contributed by atoms with Crippen molar-refractivity contribution in [3.63, 3.8) is 0 Å². The quantitative estimate of drug-likeness (QED) is 0.787. The van der Waals surface area contributed by atoms with Gasteiger partial charge in [0.05, 0.1) is 19.5 Å². The smallest absolute Gasteiger partial charge is 0.228 e. The minimum atomic E-state index is -0.142. The second kappa shape index (κ2) is 5.04. The third-order valence-electron chi connectivity index (χ3n) is 3.32. The van der Waals surface area contributed by atoms with Gasteiger partial charge in [0.15, 0.2) is 17.3 Å². The highest BCUT2D eigenvalue weighted by Gasteiger charge is 2.20. The number of fused-ring (bicyclic) bond motifs is 1. The number of ketones is 1. The van der Waals surface area contributed by atoms with Crippen LogP contribution in [-0.4, -0.2) is 19.0 Å². The Balaban J connectivity index is 1.93. The summed E-state index contributed by atoms with van der Waals surface area (Å²) in [5.74, 6) is 1.85. The summed E-state index contributed by atoms with van der Waals surface area (Å²) in [5.41, 5.74) is 1.37. The van der Waals surface area contributed by atoms with Gasteiger partial charge in [-0.1, -0.05) is 6.92 Å². The number of carbonyl (C=O) groups is 1. The van der Waals surface area contributed by atoms with Crippen molar-refractivity contribution in [2.24, 2.45) is 5.92 Å². The summed E-state index contributed by atoms with van der Waals surface area (Å²) >= 11 is 0. The molecule has 3 rings (SSSR count). The SMILES string of the molecule is Cc1ccoc1C(=O)c1ccc2c(c1)OCC(C)CO2. The predicted octanol–water partition coefficient (Wildman–Crippen LogP) is 3.23. The molecule has 0 saturated carbocycles. The summed E-state index contributed by atoms with van der Waals surface area (Å²) in [6.07, 6.45) is 1.52. The lowest BCUT2D eigenvalue weighted by Crippen LogP contribution is -2.12. The minimum absolute atomic E-state index is 0.142. The Morgan fingerprint density at radius 2 is 1.90 bits per heavy atom. The van der Waals surface area contributed by atoms with E-state index < -0.39 is 0 Å². The molecule has 1 aliphatic rings. The van der Waals surface area contributed by atoms with E-state index in [0.717, 1.165) is 5.56 Å². The van der Waals surface area contributed by atoms with Gasteiger partial charge in [-0.3, -0.25) is 4.79 Å². The molecule has 4 heteroatoms. The number of benzene rings is 1. The second-order valence-electron chi connectivity index (χ2n) is 5.15. The van der Waals surface area contributed by atoms with Crippen LogP contribution in [0.15, 0.2) is 34.9 Å². The summed E-state index contributed by atoms with van der Waals surface area (Å²) < 4.78 is 16.6. The third kappa shape index (κ3) is 2.29. The van der Waals surface area contributed by atoms with Crippen molar-refractivity contribution >= 4 is 5.78 Å². The molecule has 0 aliphatic carbocycles. The van der Waals surface area contributed by atoms with Crippen molar-refractivity contribution in [2.45, 2.75) is 13.8 Å². The van der Waals surface area contributed by atoms with Crippen molar-refractivity contribution in [3.05, 3.63) is 47.4 Å². The van der Waals surface area contributed by atoms with Gasteiger partial charge in [-0.25, -0.2) is 0 Å². The van der Waals surface area contributed by atoms with Crippen LogP contribution in [0, 0.1) is 12.8 Å². The zero-order valence-electron chi connectivity index (χ0n) is 11.5. The third-order valence-corrected chi connectivity index (χ3v) is 3.32. The molecular weight excluding hydrogens is 256 g/mol. The molecule has 1 aromatic heterocycles. The number of rotatable bonds is 2. The molecule has 0 radical (unpaired) electrons. The molecule has 1 unspecified atom stereocenters. The van der Waals surface area contributed by atoms with E-state index in [0.29, 0.717) is 42.0 Å². The van der Waals surface area contributed by atoms with Gasteiger partial charge in [0.1, 0.15) is 0 Å². The number of carbonyl (C=O) groups excluding carboxylic acids is 1. The van der Waals surface area contributed by atoms with Gasteiger partial charge in [0.2, 0.25) is 5.78 Å². The summed E-state index contributed by atoms with van der Waals surface area (Å²) in [6.45, 7) is 5.12. The highest BCUT2D eigenvalue weighted by Crippen LogP contribution is 2.32. The highest BCUT2D eigenvalue weighted by atomic mass is 16.5. The van der Waals surface area contributed by atoms with E-state index in [9.17, 15) is 4.79 Å². The lowest BCUT2D eigenvalue weighted by molar-refractivity contribution is 0.101. The van der Waals surface area contributed by atoms with Crippen LogP contribution in [0.2, 0.25) is 0 Å². The van der Waals surface area contributed by atoms with Crippen LogP contribution in [-0.2, 0) is 0 Å². The summed E-state index contributed by atoms with van der Waals surface area (Å²) in [4.78, 5) is 12.4. The average Bonchev–Trinajstić information content (AvgIpc) is 2.79. The molecule has 2 heterocycles. The lowest BCUT2D eigenvalue weighted by atomic mass is 10.1. The van der Waals surface area contributed by atoms with E-state index in [4.69, 9.17) is 13.9 Å². The number of aryl methyl sites for hydroxylation is 1. The first-order valence-electron chi connectivity index (χ1n) is 6.63. The number of hydrogen-bond donors (Lipinski definition) is 0. The maximum absolute atomic E-state index is 12.4. The van der Waals surface area contributed by atoms with Gasteiger partial charge in [0.25, 0.3) is 0 Å². The van der Waals surface area contributed by atoms with E-state index in [2.05, 4.69) is 6.92 Å². The van der Waals surface area contributed by atoms with Crippen LogP contribution in [0.3, 0.4) is 0 Å². The number of hydrogen-bond acceptors (Lipinski definition) is 4. The maximum Gasteiger partial charge on any atom is 0.228 e. The molecule has 104 valence electrons. The van der Waals surface area contributed by atoms with E-state index in [-0.39, 0.29) is 5.78 Å². The zero-order valence-corrected chi connectivity index (χ0v) is 11.5. The molecule has 0 bridgehead atoms. The van der Waals surface area contributed by atoms with Gasteiger partial charge in [-0.05, 0) is 36.8 Å². The summed E-state index contributed by atoms with van der Waals surface area (Å²) in [7, 11) is 0. The first-order valence-corrected chi connectivity index (χ1v) is 6.63. The molecular formula is C16H16O4. The Kier molecular flexibility index (Phi) is 3.22. The molecule has 0 saturated heterocycles. The van der Waals surface area contributed by atoms with Gasteiger partial charge >= 0.3 is 0 Å². The number of furan rings is 1. The molecule has 4 nitrogen and oxygen atoms in total. The van der Waals surface area contributed by atoms with Gasteiger partial charge in [0, 0.05) is 11.5 Å². The van der Waals surface area contributed by atoms with E-state index >= 15 is 0 Å². The first-order chi connectivity index (χ1) is 9.65. The molecule has 0 fully saturated rings. The van der Waals surface area contributed by atoms with Crippen LogP contribution in [0.4, 0.5) is 0 Å². The zero-order chi connectivity index (χ0) is 14.1. The molecule has 0 N–H and O–H groups in total. The molecule has 20 heavy (non-hydrogen) atoms. The van der Waals surface area contributed by atoms with Crippen molar-refractivity contribution in [1.29, 1.82) is 0 Å². The summed E-state index contributed by atoms with van der Waals surface area (Å²) in [5, 5.41) is 0. The van der Waals surface area contributed by atoms with Crippen LogP contribution in [0.25, 0.3) is 0 Å². The first kappa shape index (κ1) is 12.8. The fraction of sp³-hybridized carbons (Fsp3) is 0.312. The molecule has 0 amide bonds. The Hall–Kier alpha value is -2.23. The highest BCUT2D eigenvalue weighted by molar-refractivity contribution is 6.08. The minimum Gasteiger partial charge on any atom is -0.489 e. The van der Waals surface area contributed by atoms with E-state index in [1.807, 2.05) is 6.92 Å². The van der Waals surface area contributed by atoms with Gasteiger partial charge in [-0.15, -0.1) is 0 Å². The van der Waals surface area contributed by atoms with Crippen molar-refractivity contribution in [1.82, 2.24) is 0 Å². The molecule has 1 aliphatic heterocycles.